The van der Waals surface area contributed by atoms with Gasteiger partial charge in [-0.2, -0.15) is 0 Å². The number of imide groups is 1. The van der Waals surface area contributed by atoms with E-state index in [0.717, 1.165) is 5.56 Å². The van der Waals surface area contributed by atoms with E-state index in [9.17, 15) is 9.59 Å². The monoisotopic (exact) mass is 233 g/mol. The molecule has 0 aliphatic carbocycles. The van der Waals surface area contributed by atoms with Crippen LogP contribution in [0.4, 0.5) is 10.5 Å². The Balaban J connectivity index is 2.33. The summed E-state index contributed by atoms with van der Waals surface area (Å²) in [7, 11) is 1.87. The van der Waals surface area contributed by atoms with E-state index in [2.05, 4.69) is 10.6 Å². The van der Waals surface area contributed by atoms with E-state index in [4.69, 9.17) is 0 Å². The zero-order chi connectivity index (χ0) is 12.4. The number of benzene rings is 1. The van der Waals surface area contributed by atoms with Gasteiger partial charge in [0.15, 0.2) is 0 Å². The Bertz CT molecular complexity index is 443. The van der Waals surface area contributed by atoms with Crippen molar-refractivity contribution in [1.82, 2.24) is 10.6 Å². The summed E-state index contributed by atoms with van der Waals surface area (Å²) < 4.78 is 0. The second-order valence-electron chi connectivity index (χ2n) is 3.99. The number of nitrogens with zero attached hydrogens (tertiary/aromatic N) is 1. The van der Waals surface area contributed by atoms with Gasteiger partial charge in [0.2, 0.25) is 0 Å². The van der Waals surface area contributed by atoms with Crippen molar-refractivity contribution in [3.63, 3.8) is 0 Å². The Labute approximate surface area is 99.8 Å². The summed E-state index contributed by atoms with van der Waals surface area (Å²) in [5, 5.41) is 5.62. The molecular formula is C12H15N3O2. The summed E-state index contributed by atoms with van der Waals surface area (Å²) in [6.07, 6.45) is 0. The maximum Gasteiger partial charge on any atom is 0.329 e. The van der Waals surface area contributed by atoms with E-state index in [1.54, 1.807) is 6.07 Å². The van der Waals surface area contributed by atoms with Crippen molar-refractivity contribution in [3.8, 4) is 0 Å². The van der Waals surface area contributed by atoms with E-state index in [0.29, 0.717) is 5.69 Å². The largest absolute Gasteiger partial charge is 0.329 e. The molecule has 1 atom stereocenters. The molecule has 1 fully saturated rings. The van der Waals surface area contributed by atoms with Crippen LogP contribution in [-0.2, 0) is 4.79 Å². The summed E-state index contributed by atoms with van der Waals surface area (Å²) in [6.45, 7) is 2.09. The fraction of sp³-hybridized carbons (Fsp3) is 0.333. The van der Waals surface area contributed by atoms with Gasteiger partial charge in [-0.25, -0.2) is 9.69 Å². The van der Waals surface area contributed by atoms with Crippen LogP contribution in [0.2, 0.25) is 0 Å². The highest BCUT2D eigenvalue weighted by molar-refractivity contribution is 6.19. The predicted octanol–water partition coefficient (Wildman–Crippen LogP) is 1.02. The fourth-order valence-electron chi connectivity index (χ4n) is 1.78. The van der Waals surface area contributed by atoms with Crippen molar-refractivity contribution in [1.29, 1.82) is 0 Å². The van der Waals surface area contributed by atoms with E-state index >= 15 is 0 Å². The predicted molar refractivity (Wildman–Crippen MR) is 64.8 cm³/mol. The van der Waals surface area contributed by atoms with Crippen LogP contribution < -0.4 is 15.5 Å². The number of hydrogen-bond donors (Lipinski definition) is 2. The van der Waals surface area contributed by atoms with Crippen LogP contribution in [0, 0.1) is 0 Å². The molecule has 2 N–H and O–H groups in total. The highest BCUT2D eigenvalue weighted by atomic mass is 16.2. The highest BCUT2D eigenvalue weighted by Gasteiger charge is 2.30. The van der Waals surface area contributed by atoms with Crippen LogP contribution in [0.1, 0.15) is 18.5 Å². The topological polar surface area (TPSA) is 61.4 Å². The van der Waals surface area contributed by atoms with Gasteiger partial charge in [0.05, 0.1) is 12.2 Å². The molecule has 90 valence electrons. The zero-order valence-corrected chi connectivity index (χ0v) is 9.86. The minimum atomic E-state index is -0.357. The van der Waals surface area contributed by atoms with Crippen LogP contribution in [0.15, 0.2) is 24.3 Å². The Hall–Kier alpha value is -1.88. The second-order valence-corrected chi connectivity index (χ2v) is 3.99. The standard InChI is InChI=1S/C12H15N3O2/c1-8(13-2)9-4-3-5-10(6-9)15-11(16)7-14-12(15)17/h3-6,8,13H,7H2,1-2H3,(H,14,17). The lowest BCUT2D eigenvalue weighted by Gasteiger charge is -2.16. The van der Waals surface area contributed by atoms with Gasteiger partial charge in [-0.05, 0) is 31.7 Å². The first-order valence-electron chi connectivity index (χ1n) is 5.51. The number of urea groups is 1. The molecule has 1 unspecified atom stereocenters. The van der Waals surface area contributed by atoms with Crippen LogP contribution in [0.5, 0.6) is 0 Å². The number of carbonyl (C=O) groups is 2. The van der Waals surface area contributed by atoms with Crippen molar-refractivity contribution in [3.05, 3.63) is 29.8 Å². The molecule has 3 amide bonds. The maximum absolute atomic E-state index is 11.6. The van der Waals surface area contributed by atoms with Gasteiger partial charge in [0, 0.05) is 6.04 Å². The van der Waals surface area contributed by atoms with Crippen molar-refractivity contribution < 1.29 is 9.59 Å². The van der Waals surface area contributed by atoms with Crippen LogP contribution in [-0.4, -0.2) is 25.5 Å². The number of hydrogen-bond acceptors (Lipinski definition) is 3. The molecule has 0 bridgehead atoms. The SMILES string of the molecule is CNC(C)c1cccc(N2C(=O)CNC2=O)c1. The highest BCUT2D eigenvalue weighted by Crippen LogP contribution is 2.22. The summed E-state index contributed by atoms with van der Waals surface area (Å²) in [4.78, 5) is 24.2. The molecule has 1 aromatic rings. The molecule has 1 aliphatic rings. The lowest BCUT2D eigenvalue weighted by Crippen LogP contribution is -2.30. The summed E-state index contributed by atoms with van der Waals surface area (Å²) in [5.41, 5.74) is 1.65. The van der Waals surface area contributed by atoms with Gasteiger partial charge in [0.1, 0.15) is 0 Å². The van der Waals surface area contributed by atoms with Gasteiger partial charge in [-0.15, -0.1) is 0 Å². The van der Waals surface area contributed by atoms with Crippen LogP contribution >= 0.6 is 0 Å². The van der Waals surface area contributed by atoms with E-state index in [1.165, 1.54) is 4.90 Å². The molecule has 5 nitrogen and oxygen atoms in total. The van der Waals surface area contributed by atoms with Crippen molar-refractivity contribution >= 4 is 17.6 Å². The molecule has 17 heavy (non-hydrogen) atoms. The number of nitrogens with one attached hydrogen (secondary N) is 2. The summed E-state index contributed by atoms with van der Waals surface area (Å²) >= 11 is 0. The molecule has 2 rings (SSSR count). The normalized spacial score (nSPS) is 17.2. The van der Waals surface area contributed by atoms with Gasteiger partial charge in [-0.1, -0.05) is 12.1 Å². The number of anilines is 1. The maximum atomic E-state index is 11.6. The Kier molecular flexibility index (Phi) is 3.10. The third-order valence-corrected chi connectivity index (χ3v) is 2.90. The molecule has 0 spiro atoms. The van der Waals surface area contributed by atoms with Crippen LogP contribution in [0.25, 0.3) is 0 Å². The van der Waals surface area contributed by atoms with Crippen molar-refractivity contribution in [2.45, 2.75) is 13.0 Å². The van der Waals surface area contributed by atoms with E-state index in [-0.39, 0.29) is 24.5 Å². The third kappa shape index (κ3) is 2.14. The first-order chi connectivity index (χ1) is 8.13. The minimum absolute atomic E-state index is 0.0740. The number of carbonyl (C=O) groups excluding carboxylic acids is 2. The Morgan fingerprint density at radius 2 is 2.18 bits per heavy atom. The molecule has 1 aromatic carbocycles. The molecule has 1 heterocycles. The molecule has 1 saturated heterocycles. The van der Waals surface area contributed by atoms with Crippen molar-refractivity contribution in [2.24, 2.45) is 0 Å². The van der Waals surface area contributed by atoms with E-state index < -0.39 is 0 Å². The Morgan fingerprint density at radius 1 is 1.41 bits per heavy atom. The van der Waals surface area contributed by atoms with Crippen molar-refractivity contribution in [2.75, 3.05) is 18.5 Å². The summed E-state index contributed by atoms with van der Waals surface area (Å²) in [5.74, 6) is -0.218. The molecular weight excluding hydrogens is 218 g/mol. The average Bonchev–Trinajstić information content (AvgIpc) is 2.68. The molecule has 0 radical (unpaired) electrons. The van der Waals surface area contributed by atoms with Gasteiger partial charge < -0.3 is 10.6 Å². The van der Waals surface area contributed by atoms with Gasteiger partial charge in [-0.3, -0.25) is 4.79 Å². The minimum Gasteiger partial charge on any atom is -0.328 e. The summed E-state index contributed by atoms with van der Waals surface area (Å²) in [6, 6.07) is 7.24. The first kappa shape index (κ1) is 11.6. The number of rotatable bonds is 3. The average molecular weight is 233 g/mol. The van der Waals surface area contributed by atoms with E-state index in [1.807, 2.05) is 32.2 Å². The van der Waals surface area contributed by atoms with Gasteiger partial charge in [0.25, 0.3) is 5.91 Å². The van der Waals surface area contributed by atoms with Crippen LogP contribution in [0.3, 0.4) is 0 Å². The fourth-order valence-corrected chi connectivity index (χ4v) is 1.78. The first-order valence-corrected chi connectivity index (χ1v) is 5.51. The molecule has 5 heteroatoms. The molecule has 0 aromatic heterocycles. The third-order valence-electron chi connectivity index (χ3n) is 2.90. The number of amides is 3. The lowest BCUT2D eigenvalue weighted by atomic mass is 10.1. The van der Waals surface area contributed by atoms with Gasteiger partial charge >= 0.3 is 6.03 Å². The molecule has 1 aliphatic heterocycles. The quantitative estimate of drug-likeness (QED) is 0.766. The lowest BCUT2D eigenvalue weighted by molar-refractivity contribution is -0.115. The Morgan fingerprint density at radius 3 is 2.76 bits per heavy atom. The molecule has 0 saturated carbocycles. The second kappa shape index (κ2) is 4.55. The zero-order valence-electron chi connectivity index (χ0n) is 9.86. The smallest absolute Gasteiger partial charge is 0.328 e.